The SMILES string of the molecule is CC(=O)c1ccc(Nc2nc3ccc(C(=O)N(CCC(C)C)CCC(C)C)cc3n2CCCN2CCCCC2)cc1.Cl.Cl. The molecule has 43 heavy (non-hydrogen) atoms. The van der Waals surface area contributed by atoms with Crippen molar-refractivity contribution in [3.8, 4) is 0 Å². The molecular weight excluding hydrogens is 581 g/mol. The Morgan fingerprint density at radius 1 is 0.860 bits per heavy atom. The summed E-state index contributed by atoms with van der Waals surface area (Å²) in [5.41, 5.74) is 4.14. The number of imidazole rings is 1. The van der Waals surface area contributed by atoms with Crippen molar-refractivity contribution in [1.82, 2.24) is 19.4 Å². The molecular formula is C34H51Cl2N5O2. The number of hydrogen-bond donors (Lipinski definition) is 1. The molecule has 0 atom stereocenters. The van der Waals surface area contributed by atoms with E-state index >= 15 is 0 Å². The number of hydrogen-bond acceptors (Lipinski definition) is 5. The third-order valence-corrected chi connectivity index (χ3v) is 8.09. The van der Waals surface area contributed by atoms with Gasteiger partial charge >= 0.3 is 0 Å². The van der Waals surface area contributed by atoms with Crippen LogP contribution in [0.1, 0.15) is 93.9 Å². The van der Waals surface area contributed by atoms with Gasteiger partial charge < -0.3 is 19.7 Å². The molecule has 1 amide bonds. The highest BCUT2D eigenvalue weighted by Gasteiger charge is 2.20. The van der Waals surface area contributed by atoms with Gasteiger partial charge in [0.2, 0.25) is 5.95 Å². The number of aryl methyl sites for hydroxylation is 1. The second-order valence-corrected chi connectivity index (χ2v) is 12.5. The number of nitrogens with one attached hydrogen (secondary N) is 1. The minimum atomic E-state index is 0. The Balaban J connectivity index is 0.00000323. The maximum absolute atomic E-state index is 13.8. The topological polar surface area (TPSA) is 70.5 Å². The molecule has 1 aromatic heterocycles. The molecule has 238 valence electrons. The molecule has 1 N–H and O–H groups in total. The van der Waals surface area contributed by atoms with Crippen molar-refractivity contribution in [2.24, 2.45) is 11.8 Å². The highest BCUT2D eigenvalue weighted by atomic mass is 35.5. The van der Waals surface area contributed by atoms with Crippen molar-refractivity contribution < 1.29 is 9.59 Å². The smallest absolute Gasteiger partial charge is 0.253 e. The maximum Gasteiger partial charge on any atom is 0.253 e. The number of fused-ring (bicyclic) bond motifs is 1. The predicted octanol–water partition coefficient (Wildman–Crippen LogP) is 8.24. The Labute approximate surface area is 270 Å². The largest absolute Gasteiger partial charge is 0.339 e. The van der Waals surface area contributed by atoms with Gasteiger partial charge in [-0.3, -0.25) is 9.59 Å². The Morgan fingerprint density at radius 2 is 1.47 bits per heavy atom. The average molecular weight is 633 g/mol. The number of benzene rings is 2. The zero-order valence-corrected chi connectivity index (χ0v) is 28.2. The Bertz CT molecular complexity index is 1290. The molecule has 2 aromatic carbocycles. The molecule has 0 unspecified atom stereocenters. The van der Waals surface area contributed by atoms with Crippen LogP contribution in [0.3, 0.4) is 0 Å². The lowest BCUT2D eigenvalue weighted by molar-refractivity contribution is 0.0740. The van der Waals surface area contributed by atoms with Crippen molar-refractivity contribution in [2.75, 3.05) is 38.0 Å². The van der Waals surface area contributed by atoms with Crippen LogP contribution >= 0.6 is 24.8 Å². The first-order chi connectivity index (χ1) is 19.7. The minimum Gasteiger partial charge on any atom is -0.339 e. The van der Waals surface area contributed by atoms with Gasteiger partial charge in [0.05, 0.1) is 11.0 Å². The van der Waals surface area contributed by atoms with Crippen molar-refractivity contribution >= 4 is 59.2 Å². The summed E-state index contributed by atoms with van der Waals surface area (Å²) in [4.78, 5) is 35.1. The van der Waals surface area contributed by atoms with Crippen molar-refractivity contribution in [1.29, 1.82) is 0 Å². The van der Waals surface area contributed by atoms with E-state index in [4.69, 9.17) is 4.98 Å². The van der Waals surface area contributed by atoms with Gasteiger partial charge in [-0.15, -0.1) is 24.8 Å². The summed E-state index contributed by atoms with van der Waals surface area (Å²) in [6.45, 7) is 16.2. The number of nitrogens with zero attached hydrogens (tertiary/aromatic N) is 4. The van der Waals surface area contributed by atoms with Crippen molar-refractivity contribution in [3.63, 3.8) is 0 Å². The fourth-order valence-electron chi connectivity index (χ4n) is 5.46. The summed E-state index contributed by atoms with van der Waals surface area (Å²) in [7, 11) is 0. The maximum atomic E-state index is 13.8. The number of amides is 1. The molecule has 0 radical (unpaired) electrons. The summed E-state index contributed by atoms with van der Waals surface area (Å²) in [6, 6.07) is 13.5. The summed E-state index contributed by atoms with van der Waals surface area (Å²) < 4.78 is 2.22. The molecule has 9 heteroatoms. The van der Waals surface area contributed by atoms with E-state index in [0.717, 1.165) is 73.7 Å². The van der Waals surface area contributed by atoms with Crippen LogP contribution in [0.2, 0.25) is 0 Å². The summed E-state index contributed by atoms with van der Waals surface area (Å²) in [5.74, 6) is 2.01. The van der Waals surface area contributed by atoms with Crippen LogP contribution in [-0.2, 0) is 6.54 Å². The van der Waals surface area contributed by atoms with Crippen LogP contribution in [0, 0.1) is 11.8 Å². The van der Waals surface area contributed by atoms with Crippen LogP contribution in [0.5, 0.6) is 0 Å². The quantitative estimate of drug-likeness (QED) is 0.181. The van der Waals surface area contributed by atoms with Gasteiger partial charge in [-0.2, -0.15) is 0 Å². The Kier molecular flexibility index (Phi) is 15.0. The van der Waals surface area contributed by atoms with Gasteiger partial charge in [-0.1, -0.05) is 34.1 Å². The van der Waals surface area contributed by atoms with Gasteiger partial charge in [-0.05, 0) is 113 Å². The zero-order chi connectivity index (χ0) is 29.4. The lowest BCUT2D eigenvalue weighted by atomic mass is 10.1. The number of ketones is 1. The first-order valence-electron chi connectivity index (χ1n) is 15.6. The normalized spacial score (nSPS) is 13.6. The molecule has 1 fully saturated rings. The lowest BCUT2D eigenvalue weighted by Crippen LogP contribution is -2.34. The highest BCUT2D eigenvalue weighted by Crippen LogP contribution is 2.26. The van der Waals surface area contributed by atoms with E-state index in [1.165, 1.54) is 32.4 Å². The monoisotopic (exact) mass is 631 g/mol. The molecule has 1 aliphatic rings. The van der Waals surface area contributed by atoms with Crippen LogP contribution in [0.25, 0.3) is 11.0 Å². The van der Waals surface area contributed by atoms with Crippen LogP contribution in [-0.4, -0.2) is 63.8 Å². The number of carbonyl (C=O) groups excluding carboxylic acids is 2. The van der Waals surface area contributed by atoms with E-state index in [-0.39, 0.29) is 36.5 Å². The molecule has 1 aliphatic heterocycles. The number of anilines is 2. The fourth-order valence-corrected chi connectivity index (χ4v) is 5.46. The van der Waals surface area contributed by atoms with Gasteiger partial charge in [0.1, 0.15) is 0 Å². The number of halogens is 2. The number of rotatable bonds is 14. The first kappa shape index (κ1) is 36.6. The zero-order valence-electron chi connectivity index (χ0n) is 26.6. The number of piperidine rings is 1. The second-order valence-electron chi connectivity index (χ2n) is 12.5. The second kappa shape index (κ2) is 17.6. The van der Waals surface area contributed by atoms with Crippen molar-refractivity contribution in [3.05, 3.63) is 53.6 Å². The first-order valence-corrected chi connectivity index (χ1v) is 15.6. The molecule has 0 bridgehead atoms. The Hall–Kier alpha value is -2.61. The summed E-state index contributed by atoms with van der Waals surface area (Å²) in [6.07, 6.45) is 6.91. The van der Waals surface area contributed by atoms with Crippen LogP contribution < -0.4 is 5.32 Å². The van der Waals surface area contributed by atoms with E-state index in [1.54, 1.807) is 6.92 Å². The van der Waals surface area contributed by atoms with E-state index in [1.807, 2.05) is 47.4 Å². The van der Waals surface area contributed by atoms with Gasteiger partial charge in [0, 0.05) is 36.4 Å². The van der Waals surface area contributed by atoms with Crippen molar-refractivity contribution in [2.45, 2.75) is 79.7 Å². The van der Waals surface area contributed by atoms with E-state index < -0.39 is 0 Å². The number of Topliss-reactive ketones (excluding diaryl/α,β-unsaturated/α-hetero) is 1. The van der Waals surface area contributed by atoms with Crippen LogP contribution in [0.15, 0.2) is 42.5 Å². The van der Waals surface area contributed by atoms with Crippen LogP contribution in [0.4, 0.5) is 11.6 Å². The van der Waals surface area contributed by atoms with E-state index in [2.05, 4.69) is 42.5 Å². The number of likely N-dealkylation sites (tertiary alicyclic amines) is 1. The van der Waals surface area contributed by atoms with E-state index in [0.29, 0.717) is 17.4 Å². The molecule has 7 nitrogen and oxygen atoms in total. The molecule has 0 spiro atoms. The highest BCUT2D eigenvalue weighted by molar-refractivity contribution is 5.98. The molecule has 1 saturated heterocycles. The van der Waals surface area contributed by atoms with Gasteiger partial charge in [0.25, 0.3) is 5.91 Å². The molecule has 2 heterocycles. The average Bonchev–Trinajstić information content (AvgIpc) is 3.29. The lowest BCUT2D eigenvalue weighted by Gasteiger charge is -2.26. The summed E-state index contributed by atoms with van der Waals surface area (Å²) in [5, 5.41) is 3.49. The fraction of sp³-hybridized carbons (Fsp3) is 0.559. The number of carbonyl (C=O) groups is 2. The minimum absolute atomic E-state index is 0. The number of aromatic nitrogens is 2. The Morgan fingerprint density at radius 3 is 2.05 bits per heavy atom. The third kappa shape index (κ3) is 10.5. The standard InChI is InChI=1S/C34H49N5O2.2ClH/c1-25(2)16-22-38(23-17-26(3)4)33(41)29-12-15-31-32(24-29)39(21-9-20-37-18-7-6-8-19-37)34(36-31)35-30-13-10-28(11-14-30)27(5)40;;/h10-15,24-26H,6-9,16-23H2,1-5H3,(H,35,36);2*1H. The third-order valence-electron chi connectivity index (χ3n) is 8.09. The summed E-state index contributed by atoms with van der Waals surface area (Å²) >= 11 is 0. The molecule has 4 rings (SSSR count). The predicted molar refractivity (Wildman–Crippen MR) is 184 cm³/mol. The van der Waals surface area contributed by atoms with E-state index in [9.17, 15) is 9.59 Å². The van der Waals surface area contributed by atoms with Gasteiger partial charge in [-0.25, -0.2) is 4.98 Å². The molecule has 0 saturated carbocycles. The molecule has 0 aliphatic carbocycles. The van der Waals surface area contributed by atoms with Gasteiger partial charge in [0.15, 0.2) is 5.78 Å². The molecule has 3 aromatic rings.